The first-order valence-electron chi connectivity index (χ1n) is 4.35. The van der Waals surface area contributed by atoms with E-state index in [1.165, 1.54) is 0 Å². The van der Waals surface area contributed by atoms with Gasteiger partial charge in [-0.1, -0.05) is 0 Å². The topological polar surface area (TPSA) is 55.6 Å². The smallest absolute Gasteiger partial charge is 0.224 e. The molecule has 1 saturated heterocycles. The van der Waals surface area contributed by atoms with Crippen molar-refractivity contribution in [3.63, 3.8) is 0 Å². The van der Waals surface area contributed by atoms with E-state index in [2.05, 4.69) is 0 Å². The van der Waals surface area contributed by atoms with Gasteiger partial charge in [-0.2, -0.15) is 0 Å². The molecule has 12 heavy (non-hydrogen) atoms. The zero-order chi connectivity index (χ0) is 8.97. The highest BCUT2D eigenvalue weighted by Crippen LogP contribution is 2.06. The Balaban J connectivity index is 2.04. The van der Waals surface area contributed by atoms with Crippen LogP contribution in [0.15, 0.2) is 0 Å². The first-order chi connectivity index (χ1) is 5.74. The molecule has 0 spiro atoms. The Hall–Kier alpha value is -0.610. The third kappa shape index (κ3) is 2.46. The van der Waals surface area contributed by atoms with Crippen molar-refractivity contribution in [2.45, 2.75) is 19.4 Å². The third-order valence-electron chi connectivity index (χ3n) is 1.93. The average molecular weight is 172 g/mol. The third-order valence-corrected chi connectivity index (χ3v) is 1.93. The van der Waals surface area contributed by atoms with E-state index in [4.69, 9.17) is 10.5 Å². The highest BCUT2D eigenvalue weighted by Gasteiger charge is 2.26. The van der Waals surface area contributed by atoms with Crippen LogP contribution in [0, 0.1) is 0 Å². The van der Waals surface area contributed by atoms with Gasteiger partial charge in [-0.15, -0.1) is 0 Å². The van der Waals surface area contributed by atoms with Gasteiger partial charge in [0.05, 0.1) is 13.0 Å². The van der Waals surface area contributed by atoms with Crippen LogP contribution in [-0.2, 0) is 9.53 Å². The molecule has 70 valence electrons. The number of nitrogens with zero attached hydrogens (tertiary/aromatic N) is 1. The summed E-state index contributed by atoms with van der Waals surface area (Å²) in [6, 6.07) is 0.195. The molecular formula is C8H16N2O2. The highest BCUT2D eigenvalue weighted by molar-refractivity contribution is 5.77. The van der Waals surface area contributed by atoms with Gasteiger partial charge in [-0.05, 0) is 6.92 Å². The van der Waals surface area contributed by atoms with E-state index in [9.17, 15) is 4.79 Å². The number of likely N-dealkylation sites (tertiary alicyclic amines) is 1. The molecular weight excluding hydrogens is 156 g/mol. The van der Waals surface area contributed by atoms with E-state index in [0.717, 1.165) is 0 Å². The second-order valence-electron chi connectivity index (χ2n) is 3.01. The molecule has 0 bridgehead atoms. The Morgan fingerprint density at radius 1 is 1.67 bits per heavy atom. The average Bonchev–Trinajstić information content (AvgIpc) is 1.99. The molecule has 0 unspecified atom stereocenters. The van der Waals surface area contributed by atoms with Gasteiger partial charge in [0.15, 0.2) is 0 Å². The molecule has 0 saturated carbocycles. The van der Waals surface area contributed by atoms with Gasteiger partial charge in [0, 0.05) is 25.7 Å². The summed E-state index contributed by atoms with van der Waals surface area (Å²) in [5.74, 6) is 0.158. The van der Waals surface area contributed by atoms with Crippen LogP contribution < -0.4 is 5.73 Å². The molecule has 0 aliphatic carbocycles. The summed E-state index contributed by atoms with van der Waals surface area (Å²) in [5, 5.41) is 0. The largest absolute Gasteiger partial charge is 0.381 e. The van der Waals surface area contributed by atoms with Gasteiger partial charge in [-0.25, -0.2) is 0 Å². The predicted molar refractivity (Wildman–Crippen MR) is 45.7 cm³/mol. The first-order valence-corrected chi connectivity index (χ1v) is 4.35. The SMILES string of the molecule is CCOCCC(=O)N1CC(N)C1. The lowest BCUT2D eigenvalue weighted by molar-refractivity contribution is -0.136. The maximum absolute atomic E-state index is 11.2. The van der Waals surface area contributed by atoms with Crippen molar-refractivity contribution >= 4 is 5.91 Å². The Morgan fingerprint density at radius 2 is 2.33 bits per heavy atom. The molecule has 1 amide bonds. The minimum atomic E-state index is 0.158. The lowest BCUT2D eigenvalue weighted by Crippen LogP contribution is -2.57. The van der Waals surface area contributed by atoms with Gasteiger partial charge >= 0.3 is 0 Å². The maximum Gasteiger partial charge on any atom is 0.224 e. The van der Waals surface area contributed by atoms with Crippen LogP contribution in [0.3, 0.4) is 0 Å². The fourth-order valence-corrected chi connectivity index (χ4v) is 1.18. The second kappa shape index (κ2) is 4.42. The molecule has 4 heteroatoms. The summed E-state index contributed by atoms with van der Waals surface area (Å²) in [6.45, 7) is 4.55. The summed E-state index contributed by atoms with van der Waals surface area (Å²) >= 11 is 0. The summed E-state index contributed by atoms with van der Waals surface area (Å²) in [4.78, 5) is 13.0. The lowest BCUT2D eigenvalue weighted by atomic mass is 10.1. The Labute approximate surface area is 72.7 Å². The van der Waals surface area contributed by atoms with Crippen molar-refractivity contribution in [1.29, 1.82) is 0 Å². The number of carbonyl (C=O) groups is 1. The quantitative estimate of drug-likeness (QED) is 0.586. The number of amides is 1. The molecule has 0 aromatic rings. The number of ether oxygens (including phenoxy) is 1. The fraction of sp³-hybridized carbons (Fsp3) is 0.875. The predicted octanol–water partition coefficient (Wildman–Crippen LogP) is -0.417. The van der Waals surface area contributed by atoms with E-state index in [1.54, 1.807) is 4.90 Å². The summed E-state index contributed by atoms with van der Waals surface area (Å²) in [6.07, 6.45) is 0.487. The molecule has 1 rings (SSSR count). The summed E-state index contributed by atoms with van der Waals surface area (Å²) in [5.41, 5.74) is 5.54. The van der Waals surface area contributed by atoms with E-state index in [0.29, 0.717) is 32.7 Å². The van der Waals surface area contributed by atoms with Gasteiger partial charge in [0.2, 0.25) is 5.91 Å². The van der Waals surface area contributed by atoms with Crippen molar-refractivity contribution in [2.75, 3.05) is 26.3 Å². The molecule has 0 radical (unpaired) electrons. The number of hydrogen-bond donors (Lipinski definition) is 1. The highest BCUT2D eigenvalue weighted by atomic mass is 16.5. The normalized spacial score (nSPS) is 17.7. The van der Waals surface area contributed by atoms with Crippen LogP contribution >= 0.6 is 0 Å². The Morgan fingerprint density at radius 3 is 2.83 bits per heavy atom. The molecule has 1 fully saturated rings. The molecule has 1 aliphatic heterocycles. The van der Waals surface area contributed by atoms with E-state index < -0.39 is 0 Å². The maximum atomic E-state index is 11.2. The number of hydrogen-bond acceptors (Lipinski definition) is 3. The molecule has 4 nitrogen and oxygen atoms in total. The molecule has 1 aliphatic rings. The number of rotatable bonds is 4. The van der Waals surface area contributed by atoms with E-state index >= 15 is 0 Å². The minimum Gasteiger partial charge on any atom is -0.381 e. The van der Waals surface area contributed by atoms with Crippen LogP contribution in [0.25, 0.3) is 0 Å². The summed E-state index contributed by atoms with van der Waals surface area (Å²) in [7, 11) is 0. The van der Waals surface area contributed by atoms with Crippen molar-refractivity contribution in [3.8, 4) is 0 Å². The standard InChI is InChI=1S/C8H16N2O2/c1-2-12-4-3-8(11)10-5-7(9)6-10/h7H,2-6,9H2,1H3. The second-order valence-corrected chi connectivity index (χ2v) is 3.01. The zero-order valence-corrected chi connectivity index (χ0v) is 7.45. The van der Waals surface area contributed by atoms with E-state index in [1.807, 2.05) is 6.92 Å². The van der Waals surface area contributed by atoms with Crippen LogP contribution in [0.1, 0.15) is 13.3 Å². The van der Waals surface area contributed by atoms with Gasteiger partial charge in [0.25, 0.3) is 0 Å². The van der Waals surface area contributed by atoms with Crippen molar-refractivity contribution in [2.24, 2.45) is 5.73 Å². The van der Waals surface area contributed by atoms with E-state index in [-0.39, 0.29) is 11.9 Å². The van der Waals surface area contributed by atoms with Crippen LogP contribution in [0.4, 0.5) is 0 Å². The van der Waals surface area contributed by atoms with Crippen molar-refractivity contribution in [1.82, 2.24) is 4.90 Å². The Kier molecular flexibility index (Phi) is 3.49. The molecule has 2 N–H and O–H groups in total. The van der Waals surface area contributed by atoms with Crippen molar-refractivity contribution in [3.05, 3.63) is 0 Å². The number of carbonyl (C=O) groups excluding carboxylic acids is 1. The fourth-order valence-electron chi connectivity index (χ4n) is 1.18. The zero-order valence-electron chi connectivity index (χ0n) is 7.45. The lowest BCUT2D eigenvalue weighted by Gasteiger charge is -2.36. The minimum absolute atomic E-state index is 0.158. The monoisotopic (exact) mass is 172 g/mol. The van der Waals surface area contributed by atoms with Crippen molar-refractivity contribution < 1.29 is 9.53 Å². The Bertz CT molecular complexity index is 155. The van der Waals surface area contributed by atoms with Gasteiger partial charge < -0.3 is 15.4 Å². The van der Waals surface area contributed by atoms with Gasteiger partial charge in [-0.3, -0.25) is 4.79 Å². The van der Waals surface area contributed by atoms with Crippen LogP contribution in [-0.4, -0.2) is 43.2 Å². The van der Waals surface area contributed by atoms with Crippen LogP contribution in [0.2, 0.25) is 0 Å². The first kappa shape index (κ1) is 9.48. The van der Waals surface area contributed by atoms with Crippen LogP contribution in [0.5, 0.6) is 0 Å². The summed E-state index contributed by atoms with van der Waals surface area (Å²) < 4.78 is 5.07. The van der Waals surface area contributed by atoms with Gasteiger partial charge in [0.1, 0.15) is 0 Å². The number of nitrogens with two attached hydrogens (primary N) is 1. The molecule has 0 aromatic heterocycles. The molecule has 1 heterocycles. The molecule has 0 aromatic carbocycles. The molecule has 0 atom stereocenters.